The molecule has 1 aliphatic carbocycles. The van der Waals surface area contributed by atoms with E-state index in [1.165, 1.54) is 12.2 Å². The molecule has 0 fully saturated rings. The Bertz CT molecular complexity index is 274. The fourth-order valence-electron chi connectivity index (χ4n) is 1.05. The van der Waals surface area contributed by atoms with Gasteiger partial charge in [-0.2, -0.15) is 0 Å². The average molecular weight is 160 g/mol. The Morgan fingerprint density at radius 1 is 1.33 bits per heavy atom. The molecular weight excluding hydrogens is 151 g/mol. The van der Waals surface area contributed by atoms with Crippen LogP contribution in [0.3, 0.4) is 0 Å². The molecule has 0 heterocycles. The monoisotopic (exact) mass is 160 g/mol. The molecule has 2 nitrogen and oxygen atoms in total. The number of hydrogen-bond donors (Lipinski definition) is 0. The van der Waals surface area contributed by atoms with Gasteiger partial charge >= 0.3 is 0 Å². The van der Waals surface area contributed by atoms with Gasteiger partial charge in [0.05, 0.1) is 7.85 Å². The van der Waals surface area contributed by atoms with Crippen LogP contribution in [0.2, 0.25) is 5.82 Å². The molecule has 0 amide bonds. The van der Waals surface area contributed by atoms with E-state index < -0.39 is 11.6 Å². The van der Waals surface area contributed by atoms with Crippen LogP contribution in [0.4, 0.5) is 0 Å². The van der Waals surface area contributed by atoms with Crippen molar-refractivity contribution in [3.8, 4) is 0 Å². The molecule has 0 spiro atoms. The summed E-state index contributed by atoms with van der Waals surface area (Å²) in [5.74, 6) is -0.890. The molecule has 2 radical (unpaired) electrons. The minimum atomic E-state index is -0.455. The maximum Gasteiger partial charge on any atom is 0.225 e. The molecule has 60 valence electrons. The third-order valence-electron chi connectivity index (χ3n) is 1.57. The van der Waals surface area contributed by atoms with Crippen LogP contribution in [0.25, 0.3) is 0 Å². The van der Waals surface area contributed by atoms with Gasteiger partial charge in [0, 0.05) is 0 Å². The van der Waals surface area contributed by atoms with E-state index in [0.29, 0.717) is 6.42 Å². The van der Waals surface area contributed by atoms with Crippen molar-refractivity contribution in [1.82, 2.24) is 0 Å². The van der Waals surface area contributed by atoms with Gasteiger partial charge in [-0.15, -0.1) is 0 Å². The topological polar surface area (TPSA) is 34.1 Å². The lowest BCUT2D eigenvalue weighted by Crippen LogP contribution is -2.12. The van der Waals surface area contributed by atoms with Crippen LogP contribution in [-0.2, 0) is 9.59 Å². The van der Waals surface area contributed by atoms with E-state index in [0.717, 1.165) is 5.57 Å². The lowest BCUT2D eigenvalue weighted by Gasteiger charge is -2.07. The quantitative estimate of drug-likeness (QED) is 0.343. The molecule has 0 aliphatic heterocycles. The molecular formula is C9H9BO2. The molecule has 1 rings (SSSR count). The number of hydrogen-bond acceptors (Lipinski definition) is 2. The molecule has 1 aliphatic rings. The normalized spacial score (nSPS) is 19.2. The van der Waals surface area contributed by atoms with Crippen molar-refractivity contribution in [2.45, 2.75) is 19.2 Å². The highest BCUT2D eigenvalue weighted by Gasteiger charge is 2.13. The SMILES string of the molecule is [B]C(C)CC1=CC(=O)C(=O)C=C1. The van der Waals surface area contributed by atoms with Crippen LogP contribution in [0, 0.1) is 0 Å². The van der Waals surface area contributed by atoms with E-state index in [2.05, 4.69) is 0 Å². The van der Waals surface area contributed by atoms with E-state index in [4.69, 9.17) is 7.85 Å². The van der Waals surface area contributed by atoms with Gasteiger partial charge in [0.15, 0.2) is 0 Å². The van der Waals surface area contributed by atoms with Crippen molar-refractivity contribution in [1.29, 1.82) is 0 Å². The summed E-state index contributed by atoms with van der Waals surface area (Å²) in [6.45, 7) is 1.86. The van der Waals surface area contributed by atoms with E-state index in [-0.39, 0.29) is 5.82 Å². The number of ketones is 2. The fraction of sp³-hybridized carbons (Fsp3) is 0.333. The molecule has 12 heavy (non-hydrogen) atoms. The maximum atomic E-state index is 10.9. The molecule has 0 aromatic heterocycles. The summed E-state index contributed by atoms with van der Waals surface area (Å²) in [4.78, 5) is 21.6. The van der Waals surface area contributed by atoms with Crippen molar-refractivity contribution >= 4 is 19.4 Å². The zero-order chi connectivity index (χ0) is 9.14. The molecule has 0 N–H and O–H groups in total. The second-order valence-corrected chi connectivity index (χ2v) is 2.96. The Morgan fingerprint density at radius 3 is 2.50 bits per heavy atom. The van der Waals surface area contributed by atoms with Gasteiger partial charge in [0.25, 0.3) is 0 Å². The molecule has 0 saturated carbocycles. The Balaban J connectivity index is 2.70. The summed E-state index contributed by atoms with van der Waals surface area (Å²) in [7, 11) is 5.53. The van der Waals surface area contributed by atoms with Crippen molar-refractivity contribution in [3.63, 3.8) is 0 Å². The predicted molar refractivity (Wildman–Crippen MR) is 47.0 cm³/mol. The van der Waals surface area contributed by atoms with Crippen LogP contribution in [0.15, 0.2) is 23.8 Å². The highest BCUT2D eigenvalue weighted by atomic mass is 16.2. The molecule has 0 saturated heterocycles. The van der Waals surface area contributed by atoms with Crippen molar-refractivity contribution < 1.29 is 9.59 Å². The van der Waals surface area contributed by atoms with Gasteiger partial charge in [-0.05, 0) is 24.1 Å². The van der Waals surface area contributed by atoms with Crippen LogP contribution in [0.1, 0.15) is 13.3 Å². The van der Waals surface area contributed by atoms with Crippen LogP contribution in [-0.4, -0.2) is 19.4 Å². The first-order valence-corrected chi connectivity index (χ1v) is 3.82. The second kappa shape index (κ2) is 3.52. The highest BCUT2D eigenvalue weighted by Crippen LogP contribution is 2.16. The maximum absolute atomic E-state index is 10.9. The first-order valence-electron chi connectivity index (χ1n) is 3.82. The van der Waals surface area contributed by atoms with E-state index in [1.807, 2.05) is 6.92 Å². The lowest BCUT2D eigenvalue weighted by molar-refractivity contribution is -0.131. The first kappa shape index (κ1) is 8.98. The predicted octanol–water partition coefficient (Wildman–Crippen LogP) is 0.988. The summed E-state index contributed by atoms with van der Waals surface area (Å²) in [6, 6.07) is 0. The van der Waals surface area contributed by atoms with Crippen molar-refractivity contribution in [2.24, 2.45) is 0 Å². The second-order valence-electron chi connectivity index (χ2n) is 2.96. The molecule has 0 bridgehead atoms. The van der Waals surface area contributed by atoms with Gasteiger partial charge in [-0.25, -0.2) is 0 Å². The zero-order valence-electron chi connectivity index (χ0n) is 6.91. The Hall–Kier alpha value is -1.12. The van der Waals surface area contributed by atoms with Gasteiger partial charge in [-0.1, -0.05) is 18.8 Å². The Morgan fingerprint density at radius 2 is 2.00 bits per heavy atom. The first-order chi connectivity index (χ1) is 5.59. The van der Waals surface area contributed by atoms with Crippen LogP contribution >= 0.6 is 0 Å². The zero-order valence-corrected chi connectivity index (χ0v) is 6.91. The third-order valence-corrected chi connectivity index (χ3v) is 1.57. The number of carbonyl (C=O) groups excluding carboxylic acids is 2. The van der Waals surface area contributed by atoms with Gasteiger partial charge in [0.2, 0.25) is 11.6 Å². The molecule has 0 aromatic rings. The standard InChI is InChI=1S/C9H9BO2/c1-6(10)4-7-2-3-8(11)9(12)5-7/h2-3,5-6H,4H2,1H3. The lowest BCUT2D eigenvalue weighted by atomic mass is 9.82. The van der Waals surface area contributed by atoms with E-state index in [9.17, 15) is 9.59 Å². The Kier molecular flexibility index (Phi) is 2.63. The number of rotatable bonds is 2. The molecule has 1 atom stereocenters. The molecule has 3 heteroatoms. The number of carbonyl (C=O) groups is 2. The largest absolute Gasteiger partial charge is 0.286 e. The summed E-state index contributed by atoms with van der Waals surface area (Å²) in [5.41, 5.74) is 0.828. The van der Waals surface area contributed by atoms with E-state index in [1.54, 1.807) is 6.08 Å². The van der Waals surface area contributed by atoms with Crippen LogP contribution in [0.5, 0.6) is 0 Å². The third kappa shape index (κ3) is 2.19. The summed E-state index contributed by atoms with van der Waals surface area (Å²) >= 11 is 0. The fourth-order valence-corrected chi connectivity index (χ4v) is 1.05. The highest BCUT2D eigenvalue weighted by molar-refractivity contribution is 6.46. The minimum absolute atomic E-state index is 0.0157. The Labute approximate surface area is 72.7 Å². The van der Waals surface area contributed by atoms with Crippen LogP contribution < -0.4 is 0 Å². The van der Waals surface area contributed by atoms with E-state index >= 15 is 0 Å². The van der Waals surface area contributed by atoms with Crippen molar-refractivity contribution in [3.05, 3.63) is 23.8 Å². The van der Waals surface area contributed by atoms with Gasteiger partial charge in [0.1, 0.15) is 0 Å². The average Bonchev–Trinajstić information content (AvgIpc) is 1.96. The molecule has 0 aromatic carbocycles. The summed E-state index contributed by atoms with van der Waals surface area (Å²) < 4.78 is 0. The summed E-state index contributed by atoms with van der Waals surface area (Å²) in [6.07, 6.45) is 4.92. The van der Waals surface area contributed by atoms with Gasteiger partial charge in [-0.3, -0.25) is 9.59 Å². The summed E-state index contributed by atoms with van der Waals surface area (Å²) in [5, 5.41) is 0. The smallest absolute Gasteiger partial charge is 0.225 e. The molecule has 1 unspecified atom stereocenters. The van der Waals surface area contributed by atoms with Crippen molar-refractivity contribution in [2.75, 3.05) is 0 Å². The minimum Gasteiger partial charge on any atom is -0.286 e. The number of allylic oxidation sites excluding steroid dienone is 4. The van der Waals surface area contributed by atoms with Gasteiger partial charge < -0.3 is 0 Å².